The number of hydrogen-bond acceptors (Lipinski definition) is 5. The van der Waals surface area contributed by atoms with Crippen molar-refractivity contribution >= 4 is 57.7 Å². The molecule has 3 N–H and O–H groups in total. The lowest BCUT2D eigenvalue weighted by atomic mass is 10.1. The minimum atomic E-state index is -0.478. The van der Waals surface area contributed by atoms with Crippen LogP contribution in [0.4, 0.5) is 11.4 Å². The summed E-state index contributed by atoms with van der Waals surface area (Å²) in [5, 5.41) is 10.3. The van der Waals surface area contributed by atoms with Crippen LogP contribution < -0.4 is 20.7 Å². The molecule has 3 amide bonds. The number of amides is 3. The average molecular weight is 602 g/mol. The fourth-order valence-corrected chi connectivity index (χ4v) is 5.32. The van der Waals surface area contributed by atoms with Gasteiger partial charge in [-0.25, -0.2) is 0 Å². The van der Waals surface area contributed by atoms with E-state index in [0.717, 1.165) is 21.4 Å². The number of fused-ring (bicyclic) bond motifs is 1. The number of hydrogen-bond donors (Lipinski definition) is 3. The molecule has 0 heterocycles. The molecular formula is C36H31N3O4S. The fraction of sp³-hybridized carbons (Fsp3) is 0.0833. The standard InChI is InChI=1S/C36H31N3O4S/c1-24(34(40)38-32-14-8-12-26-9-6-7-13-31(26)32)44-30-21-17-28(18-22-30)37-36(42)33(23-25-15-19-29(43-2)20-16-25)39-35(41)27-10-4-3-5-11-27/h3-24H,1-2H3,(H,37,42)(H,38,40)(H,39,41)/b33-23-. The molecule has 1 unspecified atom stereocenters. The van der Waals surface area contributed by atoms with Gasteiger partial charge in [-0.2, -0.15) is 0 Å². The van der Waals surface area contributed by atoms with Crippen LogP contribution in [0.5, 0.6) is 5.75 Å². The molecule has 0 bridgehead atoms. The van der Waals surface area contributed by atoms with E-state index in [1.807, 2.05) is 67.6 Å². The number of thioether (sulfide) groups is 1. The number of nitrogens with one attached hydrogen (secondary N) is 3. The summed E-state index contributed by atoms with van der Waals surface area (Å²) in [7, 11) is 1.58. The predicted octanol–water partition coefficient (Wildman–Crippen LogP) is 7.38. The van der Waals surface area contributed by atoms with Gasteiger partial charge < -0.3 is 20.7 Å². The Bertz CT molecular complexity index is 1800. The van der Waals surface area contributed by atoms with Crippen molar-refractivity contribution in [1.82, 2.24) is 5.32 Å². The molecule has 1 atom stereocenters. The topological polar surface area (TPSA) is 96.5 Å². The van der Waals surface area contributed by atoms with Crippen LogP contribution in [0, 0.1) is 0 Å². The third-order valence-electron chi connectivity index (χ3n) is 6.80. The Morgan fingerprint density at radius 2 is 1.43 bits per heavy atom. The van der Waals surface area contributed by atoms with E-state index in [2.05, 4.69) is 16.0 Å². The first kappa shape index (κ1) is 30.1. The molecule has 44 heavy (non-hydrogen) atoms. The molecule has 5 aromatic carbocycles. The second kappa shape index (κ2) is 14.2. The molecule has 0 aliphatic carbocycles. The molecule has 0 aliphatic heterocycles. The minimum Gasteiger partial charge on any atom is -0.497 e. The van der Waals surface area contributed by atoms with Gasteiger partial charge in [0.2, 0.25) is 5.91 Å². The number of methoxy groups -OCH3 is 1. The Morgan fingerprint density at radius 1 is 0.750 bits per heavy atom. The summed E-state index contributed by atoms with van der Waals surface area (Å²) in [6.45, 7) is 1.85. The van der Waals surface area contributed by atoms with E-state index in [0.29, 0.717) is 22.6 Å². The lowest BCUT2D eigenvalue weighted by Gasteiger charge is -2.14. The predicted molar refractivity (Wildman–Crippen MR) is 178 cm³/mol. The third-order valence-corrected chi connectivity index (χ3v) is 7.91. The van der Waals surface area contributed by atoms with E-state index in [-0.39, 0.29) is 16.9 Å². The maximum Gasteiger partial charge on any atom is 0.272 e. The SMILES string of the molecule is COc1ccc(/C=C(\NC(=O)c2ccccc2)C(=O)Nc2ccc(SC(C)C(=O)Nc3cccc4ccccc34)cc2)cc1. The monoisotopic (exact) mass is 601 g/mol. The summed E-state index contributed by atoms with van der Waals surface area (Å²) >= 11 is 1.42. The minimum absolute atomic E-state index is 0.0844. The highest BCUT2D eigenvalue weighted by atomic mass is 32.2. The first-order valence-corrected chi connectivity index (χ1v) is 14.9. The van der Waals surface area contributed by atoms with Gasteiger partial charge in [0.1, 0.15) is 11.4 Å². The number of carbonyl (C=O) groups is 3. The molecule has 0 fully saturated rings. The highest BCUT2D eigenvalue weighted by Gasteiger charge is 2.17. The zero-order valence-corrected chi connectivity index (χ0v) is 25.1. The molecule has 8 heteroatoms. The van der Waals surface area contributed by atoms with Gasteiger partial charge in [-0.3, -0.25) is 14.4 Å². The van der Waals surface area contributed by atoms with E-state index in [9.17, 15) is 14.4 Å². The molecule has 0 saturated carbocycles. The average Bonchev–Trinajstić information content (AvgIpc) is 3.06. The number of ether oxygens (including phenoxy) is 1. The Kier molecular flexibility index (Phi) is 9.74. The van der Waals surface area contributed by atoms with Gasteiger partial charge in [0.05, 0.1) is 12.4 Å². The molecule has 0 aliphatic rings. The summed E-state index contributed by atoms with van der Waals surface area (Å²) in [5.74, 6) is -0.303. The zero-order valence-electron chi connectivity index (χ0n) is 24.2. The van der Waals surface area contributed by atoms with Crippen molar-refractivity contribution in [3.05, 3.63) is 138 Å². The summed E-state index contributed by atoms with van der Waals surface area (Å²) < 4.78 is 5.22. The summed E-state index contributed by atoms with van der Waals surface area (Å²) in [6.07, 6.45) is 1.61. The van der Waals surface area contributed by atoms with Crippen molar-refractivity contribution in [3.63, 3.8) is 0 Å². The third kappa shape index (κ3) is 7.73. The van der Waals surface area contributed by atoms with Crippen molar-refractivity contribution in [2.24, 2.45) is 0 Å². The highest BCUT2D eigenvalue weighted by Crippen LogP contribution is 2.28. The summed E-state index contributed by atoms with van der Waals surface area (Å²) in [6, 6.07) is 36.8. The van der Waals surface area contributed by atoms with Crippen LogP contribution in [0.2, 0.25) is 0 Å². The Morgan fingerprint density at radius 3 is 2.16 bits per heavy atom. The Balaban J connectivity index is 1.25. The van der Waals surface area contributed by atoms with Crippen LogP contribution in [-0.4, -0.2) is 30.1 Å². The van der Waals surface area contributed by atoms with Gasteiger partial charge in [0.25, 0.3) is 11.8 Å². The number of carbonyl (C=O) groups excluding carboxylic acids is 3. The van der Waals surface area contributed by atoms with Crippen molar-refractivity contribution in [2.45, 2.75) is 17.1 Å². The Hall–Kier alpha value is -5.34. The molecule has 220 valence electrons. The molecule has 0 radical (unpaired) electrons. The molecule has 5 aromatic rings. The maximum absolute atomic E-state index is 13.3. The summed E-state index contributed by atoms with van der Waals surface area (Å²) in [5.41, 5.74) is 2.55. The highest BCUT2D eigenvalue weighted by molar-refractivity contribution is 8.00. The lowest BCUT2D eigenvalue weighted by Crippen LogP contribution is -2.30. The molecule has 0 spiro atoms. The van der Waals surface area contributed by atoms with Crippen molar-refractivity contribution < 1.29 is 19.1 Å². The quantitative estimate of drug-likeness (QED) is 0.115. The second-order valence-corrected chi connectivity index (χ2v) is 11.3. The van der Waals surface area contributed by atoms with Crippen LogP contribution in [0.1, 0.15) is 22.8 Å². The van der Waals surface area contributed by atoms with Crippen molar-refractivity contribution in [2.75, 3.05) is 17.7 Å². The molecule has 5 rings (SSSR count). The van der Waals surface area contributed by atoms with Crippen LogP contribution in [0.25, 0.3) is 16.8 Å². The molecular weight excluding hydrogens is 570 g/mol. The van der Waals surface area contributed by atoms with Gasteiger partial charge >= 0.3 is 0 Å². The van der Waals surface area contributed by atoms with E-state index in [4.69, 9.17) is 4.74 Å². The van der Waals surface area contributed by atoms with Crippen molar-refractivity contribution in [3.8, 4) is 5.75 Å². The normalized spacial score (nSPS) is 11.8. The van der Waals surface area contributed by atoms with Crippen molar-refractivity contribution in [1.29, 1.82) is 0 Å². The fourth-order valence-electron chi connectivity index (χ4n) is 4.45. The van der Waals surface area contributed by atoms with Crippen LogP contribution in [0.3, 0.4) is 0 Å². The van der Waals surface area contributed by atoms with Gasteiger partial charge in [-0.1, -0.05) is 66.7 Å². The van der Waals surface area contributed by atoms with Crippen LogP contribution in [0.15, 0.2) is 132 Å². The first-order chi connectivity index (χ1) is 21.4. The van der Waals surface area contributed by atoms with E-state index in [1.165, 1.54) is 11.8 Å². The first-order valence-electron chi connectivity index (χ1n) is 14.0. The number of rotatable bonds is 10. The van der Waals surface area contributed by atoms with Gasteiger partial charge in [0, 0.05) is 27.2 Å². The summed E-state index contributed by atoms with van der Waals surface area (Å²) in [4.78, 5) is 40.1. The van der Waals surface area contributed by atoms with Gasteiger partial charge in [-0.15, -0.1) is 11.8 Å². The van der Waals surface area contributed by atoms with Crippen LogP contribution >= 0.6 is 11.8 Å². The maximum atomic E-state index is 13.3. The van der Waals surface area contributed by atoms with Gasteiger partial charge in [0.15, 0.2) is 0 Å². The molecule has 0 saturated heterocycles. The zero-order chi connectivity index (χ0) is 30.9. The largest absolute Gasteiger partial charge is 0.497 e. The Labute approximate surface area is 260 Å². The van der Waals surface area contributed by atoms with E-state index < -0.39 is 11.8 Å². The molecule has 0 aromatic heterocycles. The molecule has 7 nitrogen and oxygen atoms in total. The smallest absolute Gasteiger partial charge is 0.272 e. The van der Waals surface area contributed by atoms with E-state index in [1.54, 1.807) is 73.8 Å². The van der Waals surface area contributed by atoms with Gasteiger partial charge in [-0.05, 0) is 78.5 Å². The number of benzene rings is 5. The number of anilines is 2. The van der Waals surface area contributed by atoms with E-state index >= 15 is 0 Å². The second-order valence-electron chi connectivity index (χ2n) is 9.91. The van der Waals surface area contributed by atoms with Crippen LogP contribution in [-0.2, 0) is 9.59 Å². The lowest BCUT2D eigenvalue weighted by molar-refractivity contribution is -0.115.